The molecule has 5 rings (SSSR count). The zero-order valence-electron chi connectivity index (χ0n) is 17.7. The van der Waals surface area contributed by atoms with Crippen molar-refractivity contribution in [2.45, 2.75) is 33.9 Å². The van der Waals surface area contributed by atoms with Gasteiger partial charge in [-0.2, -0.15) is 0 Å². The summed E-state index contributed by atoms with van der Waals surface area (Å²) in [5.74, 6) is -1.41. The van der Waals surface area contributed by atoms with Gasteiger partial charge in [-0.1, -0.05) is 48.0 Å². The van der Waals surface area contributed by atoms with Crippen LogP contribution in [0.3, 0.4) is 0 Å². The number of carboxylic acids is 1. The summed E-state index contributed by atoms with van der Waals surface area (Å²) in [5, 5.41) is 26.8. The number of rotatable bonds is 5. The molecule has 2 aliphatic rings. The van der Waals surface area contributed by atoms with Crippen LogP contribution in [0.1, 0.15) is 39.9 Å². The summed E-state index contributed by atoms with van der Waals surface area (Å²) >= 11 is 15.0. The molecule has 5 atom stereocenters. The third kappa shape index (κ3) is 4.02. The standard InChI is InChI=1S/C25H20Cl2N2O4S/c26-17-6-2-1-5-14(17)24-16-12-21(34-20-8-4-3-7-19(20)29(32)33)23(27)22(16)15-11-13(25(30)31)9-10-18(15)28-24/h1-11,16,21-24,28H,12H2,(H,30,31)/p-1/t16-,21-,22+,23-,24+/m0/s1. The highest BCUT2D eigenvalue weighted by atomic mass is 35.5. The smallest absolute Gasteiger partial charge is 0.282 e. The Balaban J connectivity index is 1.57. The van der Waals surface area contributed by atoms with Gasteiger partial charge in [0, 0.05) is 27.9 Å². The molecule has 174 valence electrons. The number of thioether (sulfide) groups is 1. The second-order valence-electron chi connectivity index (χ2n) is 8.48. The summed E-state index contributed by atoms with van der Waals surface area (Å²) in [7, 11) is 0. The number of aromatic carboxylic acids is 1. The number of para-hydroxylation sites is 1. The summed E-state index contributed by atoms with van der Waals surface area (Å²) in [6, 6.07) is 19.0. The SMILES string of the molecule is O=C([O-])c1ccc2c(c1)[C@H]1[C@@H](Cl)[C@@H](Sc3ccccc3[N+](=O)[O-])C[C@@H]1[C@@H](c1ccccc1Cl)N2. The molecule has 3 aromatic carbocycles. The van der Waals surface area contributed by atoms with E-state index in [9.17, 15) is 20.0 Å². The van der Waals surface area contributed by atoms with Gasteiger partial charge in [0.25, 0.3) is 5.69 Å². The Bertz CT molecular complexity index is 1290. The normalized spacial score (nSPS) is 25.2. The maximum Gasteiger partial charge on any atom is 0.282 e. The zero-order chi connectivity index (χ0) is 24.0. The van der Waals surface area contributed by atoms with E-state index < -0.39 is 5.97 Å². The molecule has 0 aromatic heterocycles. The molecule has 1 heterocycles. The predicted octanol–water partition coefficient (Wildman–Crippen LogP) is 5.65. The van der Waals surface area contributed by atoms with Crippen LogP contribution in [-0.2, 0) is 0 Å². The highest BCUT2D eigenvalue weighted by molar-refractivity contribution is 8.00. The zero-order valence-corrected chi connectivity index (χ0v) is 20.0. The lowest BCUT2D eigenvalue weighted by Crippen LogP contribution is -2.32. The number of fused-ring (bicyclic) bond motifs is 3. The Kier molecular flexibility index (Phi) is 6.18. The second kappa shape index (κ2) is 9.13. The molecule has 1 N–H and O–H groups in total. The number of hydrogen-bond donors (Lipinski definition) is 1. The predicted molar refractivity (Wildman–Crippen MR) is 132 cm³/mol. The fourth-order valence-corrected chi connectivity index (χ4v) is 7.35. The maximum atomic E-state index is 11.5. The third-order valence-electron chi connectivity index (χ3n) is 6.63. The number of carbonyl (C=O) groups excluding carboxylic acids is 1. The van der Waals surface area contributed by atoms with Crippen molar-refractivity contribution in [2.24, 2.45) is 5.92 Å². The average Bonchev–Trinajstić information content (AvgIpc) is 3.15. The molecule has 1 aliphatic carbocycles. The first-order valence-corrected chi connectivity index (χ1v) is 12.4. The van der Waals surface area contributed by atoms with Crippen LogP contribution < -0.4 is 10.4 Å². The van der Waals surface area contributed by atoms with E-state index >= 15 is 0 Å². The first-order chi connectivity index (χ1) is 16.3. The molecule has 0 radical (unpaired) electrons. The van der Waals surface area contributed by atoms with Crippen molar-refractivity contribution in [1.29, 1.82) is 0 Å². The molecule has 0 amide bonds. The highest BCUT2D eigenvalue weighted by Crippen LogP contribution is 2.58. The number of carbonyl (C=O) groups is 1. The van der Waals surface area contributed by atoms with Gasteiger partial charge in [0.15, 0.2) is 0 Å². The Hall–Kier alpha value is -2.74. The van der Waals surface area contributed by atoms with Crippen molar-refractivity contribution in [2.75, 3.05) is 5.32 Å². The van der Waals surface area contributed by atoms with Crippen LogP contribution in [0.4, 0.5) is 11.4 Å². The maximum absolute atomic E-state index is 11.5. The Morgan fingerprint density at radius 3 is 2.53 bits per heavy atom. The number of nitro benzene ring substituents is 1. The Morgan fingerprint density at radius 1 is 1.06 bits per heavy atom. The van der Waals surface area contributed by atoms with E-state index in [0.29, 0.717) is 16.3 Å². The summed E-state index contributed by atoms with van der Waals surface area (Å²) in [5.41, 5.74) is 2.70. The molecule has 0 saturated heterocycles. The average molecular weight is 514 g/mol. The molecule has 0 bridgehead atoms. The summed E-state index contributed by atoms with van der Waals surface area (Å²) in [4.78, 5) is 23.3. The number of anilines is 1. The van der Waals surface area contributed by atoms with E-state index in [1.165, 1.54) is 23.9 Å². The summed E-state index contributed by atoms with van der Waals surface area (Å²) in [6.45, 7) is 0. The lowest BCUT2D eigenvalue weighted by molar-refractivity contribution is -0.387. The van der Waals surface area contributed by atoms with Gasteiger partial charge in [0.1, 0.15) is 0 Å². The largest absolute Gasteiger partial charge is 0.545 e. The number of nitrogens with one attached hydrogen (secondary N) is 1. The first kappa shape index (κ1) is 23.0. The van der Waals surface area contributed by atoms with Gasteiger partial charge in [0.05, 0.1) is 27.2 Å². The lowest BCUT2D eigenvalue weighted by Gasteiger charge is -2.39. The molecule has 1 saturated carbocycles. The number of halogens is 2. The van der Waals surface area contributed by atoms with Gasteiger partial charge in [-0.25, -0.2) is 0 Å². The number of hydrogen-bond acceptors (Lipinski definition) is 6. The molecule has 9 heteroatoms. The van der Waals surface area contributed by atoms with Gasteiger partial charge in [-0.05, 0) is 53.3 Å². The number of carboxylic acid groups (broad SMARTS) is 1. The van der Waals surface area contributed by atoms with Crippen LogP contribution in [0.15, 0.2) is 71.6 Å². The highest BCUT2D eigenvalue weighted by Gasteiger charge is 2.50. The summed E-state index contributed by atoms with van der Waals surface area (Å²) < 4.78 is 0. The van der Waals surface area contributed by atoms with E-state index in [2.05, 4.69) is 5.32 Å². The van der Waals surface area contributed by atoms with Crippen molar-refractivity contribution in [3.8, 4) is 0 Å². The Labute approximate surface area is 210 Å². The molecule has 3 aromatic rings. The van der Waals surface area contributed by atoms with Crippen molar-refractivity contribution in [3.63, 3.8) is 0 Å². The fourth-order valence-electron chi connectivity index (χ4n) is 5.15. The third-order valence-corrected chi connectivity index (χ3v) is 9.09. The van der Waals surface area contributed by atoms with E-state index in [0.717, 1.165) is 16.8 Å². The monoisotopic (exact) mass is 513 g/mol. The van der Waals surface area contributed by atoms with Crippen LogP contribution in [0.2, 0.25) is 5.02 Å². The van der Waals surface area contributed by atoms with Gasteiger partial charge >= 0.3 is 0 Å². The Morgan fingerprint density at radius 2 is 1.79 bits per heavy atom. The van der Waals surface area contributed by atoms with Crippen molar-refractivity contribution >= 4 is 52.3 Å². The molecule has 1 aliphatic heterocycles. The molecule has 1 fully saturated rings. The molecule has 6 nitrogen and oxygen atoms in total. The molecule has 34 heavy (non-hydrogen) atoms. The van der Waals surface area contributed by atoms with Crippen LogP contribution in [0.25, 0.3) is 0 Å². The topological polar surface area (TPSA) is 95.3 Å². The molecular weight excluding hydrogens is 495 g/mol. The molecule has 0 unspecified atom stereocenters. The van der Waals surface area contributed by atoms with Crippen molar-refractivity contribution in [1.82, 2.24) is 0 Å². The van der Waals surface area contributed by atoms with Gasteiger partial charge < -0.3 is 15.2 Å². The van der Waals surface area contributed by atoms with Gasteiger partial charge in [-0.15, -0.1) is 23.4 Å². The minimum absolute atomic E-state index is 0.00664. The van der Waals surface area contributed by atoms with Crippen LogP contribution in [0.5, 0.6) is 0 Å². The number of benzene rings is 3. The number of alkyl halides is 1. The van der Waals surface area contributed by atoms with Crippen LogP contribution in [-0.4, -0.2) is 21.5 Å². The second-order valence-corrected chi connectivity index (χ2v) is 10.7. The summed E-state index contributed by atoms with van der Waals surface area (Å²) in [6.07, 6.45) is 0.674. The number of nitro groups is 1. The number of nitrogens with zero attached hydrogens (tertiary/aromatic N) is 1. The van der Waals surface area contributed by atoms with Crippen molar-refractivity contribution < 1.29 is 14.8 Å². The van der Waals surface area contributed by atoms with Gasteiger partial charge in [0.2, 0.25) is 0 Å². The molecule has 0 spiro atoms. The van der Waals surface area contributed by atoms with E-state index in [4.69, 9.17) is 23.2 Å². The minimum Gasteiger partial charge on any atom is -0.545 e. The first-order valence-electron chi connectivity index (χ1n) is 10.8. The van der Waals surface area contributed by atoms with E-state index in [-0.39, 0.29) is 44.7 Å². The van der Waals surface area contributed by atoms with Gasteiger partial charge in [-0.3, -0.25) is 10.1 Å². The van der Waals surface area contributed by atoms with Crippen molar-refractivity contribution in [3.05, 3.63) is 98.6 Å². The quantitative estimate of drug-likeness (QED) is 0.269. The fraction of sp³-hybridized carbons (Fsp3) is 0.240. The lowest BCUT2D eigenvalue weighted by atomic mass is 9.77. The van der Waals surface area contributed by atoms with Crippen LogP contribution >= 0.6 is 35.0 Å². The minimum atomic E-state index is -1.25. The van der Waals surface area contributed by atoms with E-state index in [1.54, 1.807) is 30.3 Å². The van der Waals surface area contributed by atoms with Crippen LogP contribution in [0, 0.1) is 16.0 Å². The molecular formula is C25H19Cl2N2O4S-. The van der Waals surface area contributed by atoms with E-state index in [1.807, 2.05) is 24.3 Å².